The second kappa shape index (κ2) is 5.84. The molecule has 0 amide bonds. The maximum atomic E-state index is 5.35. The highest BCUT2D eigenvalue weighted by Gasteiger charge is 2.11. The standard InChI is InChI=1S/C13H14NO3S/c1-15-7-13-14-11(8-18-13)10-5-4-9(16-2)6-12(10)17-3/h4-8H,1-3H3. The van der Waals surface area contributed by atoms with E-state index in [1.165, 1.54) is 11.3 Å². The third kappa shape index (κ3) is 2.63. The Bertz CT molecular complexity index is 525. The Morgan fingerprint density at radius 2 is 2.00 bits per heavy atom. The van der Waals surface area contributed by atoms with Crippen molar-refractivity contribution in [3.05, 3.63) is 35.2 Å². The number of rotatable bonds is 5. The molecule has 95 valence electrons. The Morgan fingerprint density at radius 1 is 1.17 bits per heavy atom. The number of hydrogen-bond acceptors (Lipinski definition) is 5. The zero-order chi connectivity index (χ0) is 13.0. The van der Waals surface area contributed by atoms with Crippen LogP contribution in [0.2, 0.25) is 0 Å². The van der Waals surface area contributed by atoms with Gasteiger partial charge in [-0.3, -0.25) is 0 Å². The minimum atomic E-state index is 0.739. The Hall–Kier alpha value is -1.59. The number of methoxy groups -OCH3 is 3. The maximum Gasteiger partial charge on any atom is 0.141 e. The number of ether oxygens (including phenoxy) is 3. The van der Waals surface area contributed by atoms with Crippen molar-refractivity contribution in [2.24, 2.45) is 0 Å². The van der Waals surface area contributed by atoms with E-state index in [-0.39, 0.29) is 0 Å². The first-order valence-corrected chi connectivity index (χ1v) is 6.20. The summed E-state index contributed by atoms with van der Waals surface area (Å²) in [7, 11) is 4.87. The van der Waals surface area contributed by atoms with Crippen molar-refractivity contribution in [1.29, 1.82) is 0 Å². The van der Waals surface area contributed by atoms with Gasteiger partial charge in [0.05, 0.1) is 19.9 Å². The van der Waals surface area contributed by atoms with Crippen LogP contribution in [-0.2, 0) is 4.74 Å². The van der Waals surface area contributed by atoms with Crippen molar-refractivity contribution in [2.75, 3.05) is 21.3 Å². The SMILES string of the molecule is CO[CH]c1nc(-c2ccc(OC)cc2OC)cs1. The molecule has 0 saturated heterocycles. The molecule has 0 saturated carbocycles. The van der Waals surface area contributed by atoms with E-state index >= 15 is 0 Å². The van der Waals surface area contributed by atoms with Gasteiger partial charge in [0.15, 0.2) is 0 Å². The highest BCUT2D eigenvalue weighted by molar-refractivity contribution is 7.10. The van der Waals surface area contributed by atoms with E-state index in [9.17, 15) is 0 Å². The number of aromatic nitrogens is 1. The zero-order valence-electron chi connectivity index (χ0n) is 10.5. The van der Waals surface area contributed by atoms with Gasteiger partial charge in [-0.2, -0.15) is 0 Å². The molecule has 0 spiro atoms. The normalized spacial score (nSPS) is 10.4. The lowest BCUT2D eigenvalue weighted by molar-refractivity contribution is 0.292. The minimum Gasteiger partial charge on any atom is -0.497 e. The summed E-state index contributed by atoms with van der Waals surface area (Å²) in [6.45, 7) is 1.62. The lowest BCUT2D eigenvalue weighted by Crippen LogP contribution is -1.91. The van der Waals surface area contributed by atoms with Crippen LogP contribution >= 0.6 is 11.3 Å². The first-order valence-electron chi connectivity index (χ1n) is 5.32. The molecule has 4 nitrogen and oxygen atoms in total. The van der Waals surface area contributed by atoms with Crippen LogP contribution in [0.3, 0.4) is 0 Å². The summed E-state index contributed by atoms with van der Waals surface area (Å²) in [6, 6.07) is 5.66. The highest BCUT2D eigenvalue weighted by Crippen LogP contribution is 2.33. The van der Waals surface area contributed by atoms with Crippen molar-refractivity contribution in [3.63, 3.8) is 0 Å². The fourth-order valence-electron chi connectivity index (χ4n) is 1.58. The summed E-state index contributed by atoms with van der Waals surface area (Å²) in [5.74, 6) is 1.50. The van der Waals surface area contributed by atoms with Crippen LogP contribution in [0.4, 0.5) is 0 Å². The molecule has 0 unspecified atom stereocenters. The average molecular weight is 264 g/mol. The molecule has 1 aromatic carbocycles. The van der Waals surface area contributed by atoms with E-state index in [2.05, 4.69) is 4.98 Å². The monoisotopic (exact) mass is 264 g/mol. The molecule has 0 bridgehead atoms. The van der Waals surface area contributed by atoms with Crippen LogP contribution < -0.4 is 9.47 Å². The van der Waals surface area contributed by atoms with E-state index in [4.69, 9.17) is 14.2 Å². The molecule has 0 fully saturated rings. The minimum absolute atomic E-state index is 0.739. The highest BCUT2D eigenvalue weighted by atomic mass is 32.1. The van der Waals surface area contributed by atoms with Crippen molar-refractivity contribution in [3.8, 4) is 22.8 Å². The fraction of sp³-hybridized carbons (Fsp3) is 0.231. The van der Waals surface area contributed by atoms with Crippen molar-refractivity contribution < 1.29 is 14.2 Å². The maximum absolute atomic E-state index is 5.35. The van der Waals surface area contributed by atoms with Gasteiger partial charge in [0, 0.05) is 24.1 Å². The quantitative estimate of drug-likeness (QED) is 0.832. The third-order valence-corrected chi connectivity index (χ3v) is 3.20. The van der Waals surface area contributed by atoms with Gasteiger partial charge < -0.3 is 14.2 Å². The van der Waals surface area contributed by atoms with Crippen LogP contribution in [0, 0.1) is 6.61 Å². The van der Waals surface area contributed by atoms with Gasteiger partial charge >= 0.3 is 0 Å². The summed E-state index contributed by atoms with van der Waals surface area (Å²) >= 11 is 1.52. The molecule has 0 aliphatic heterocycles. The molecule has 0 aliphatic carbocycles. The first-order chi connectivity index (χ1) is 8.78. The van der Waals surface area contributed by atoms with E-state index in [1.54, 1.807) is 27.9 Å². The summed E-state index contributed by atoms with van der Waals surface area (Å²) in [5, 5.41) is 2.79. The second-order valence-corrected chi connectivity index (χ2v) is 4.38. The summed E-state index contributed by atoms with van der Waals surface area (Å²) in [5.41, 5.74) is 1.80. The second-order valence-electron chi connectivity index (χ2n) is 3.49. The van der Waals surface area contributed by atoms with Crippen molar-refractivity contribution in [1.82, 2.24) is 4.98 Å². The zero-order valence-corrected chi connectivity index (χ0v) is 11.3. The van der Waals surface area contributed by atoms with E-state index in [0.717, 1.165) is 27.8 Å². The van der Waals surface area contributed by atoms with E-state index in [1.807, 2.05) is 23.6 Å². The van der Waals surface area contributed by atoms with Crippen LogP contribution in [-0.4, -0.2) is 26.3 Å². The van der Waals surface area contributed by atoms with Crippen molar-refractivity contribution >= 4 is 11.3 Å². The molecule has 0 aliphatic rings. The Kier molecular flexibility index (Phi) is 4.17. The van der Waals surface area contributed by atoms with Gasteiger partial charge in [-0.05, 0) is 12.1 Å². The number of nitrogens with zero attached hydrogens (tertiary/aromatic N) is 1. The molecule has 0 N–H and O–H groups in total. The molecule has 1 aromatic heterocycles. The summed E-state index contributed by atoms with van der Waals surface area (Å²) in [4.78, 5) is 4.45. The third-order valence-electron chi connectivity index (χ3n) is 2.43. The molecule has 2 aromatic rings. The number of hydrogen-bond donors (Lipinski definition) is 0. The molecular formula is C13H14NO3S. The van der Waals surface area contributed by atoms with Crippen LogP contribution in [0.15, 0.2) is 23.6 Å². The van der Waals surface area contributed by atoms with Crippen LogP contribution in [0.25, 0.3) is 11.3 Å². The predicted molar refractivity (Wildman–Crippen MR) is 71.1 cm³/mol. The summed E-state index contributed by atoms with van der Waals surface area (Å²) in [6.07, 6.45) is 0. The Morgan fingerprint density at radius 3 is 2.67 bits per heavy atom. The van der Waals surface area contributed by atoms with E-state index in [0.29, 0.717) is 0 Å². The topological polar surface area (TPSA) is 40.6 Å². The molecular weight excluding hydrogens is 250 g/mol. The van der Waals surface area contributed by atoms with Crippen molar-refractivity contribution in [2.45, 2.75) is 0 Å². The Balaban J connectivity index is 2.36. The molecule has 18 heavy (non-hydrogen) atoms. The number of thiazole rings is 1. The Labute approximate surface area is 110 Å². The largest absolute Gasteiger partial charge is 0.497 e. The van der Waals surface area contributed by atoms with Gasteiger partial charge in [0.2, 0.25) is 0 Å². The lowest BCUT2D eigenvalue weighted by Gasteiger charge is -2.08. The van der Waals surface area contributed by atoms with Gasteiger partial charge in [0.25, 0.3) is 0 Å². The first kappa shape index (κ1) is 12.9. The molecule has 5 heteroatoms. The molecule has 0 atom stereocenters. The van der Waals surface area contributed by atoms with Crippen LogP contribution in [0.1, 0.15) is 5.01 Å². The van der Waals surface area contributed by atoms with Crippen LogP contribution in [0.5, 0.6) is 11.5 Å². The van der Waals surface area contributed by atoms with Gasteiger partial charge in [-0.1, -0.05) is 0 Å². The van der Waals surface area contributed by atoms with E-state index < -0.39 is 0 Å². The molecule has 2 rings (SSSR count). The lowest BCUT2D eigenvalue weighted by atomic mass is 10.1. The summed E-state index contributed by atoms with van der Waals surface area (Å²) < 4.78 is 15.5. The van der Waals surface area contributed by atoms with Gasteiger partial charge in [0.1, 0.15) is 23.1 Å². The van der Waals surface area contributed by atoms with Gasteiger partial charge in [-0.15, -0.1) is 11.3 Å². The predicted octanol–water partition coefficient (Wildman–Crippen LogP) is 2.98. The molecule has 1 radical (unpaired) electrons. The number of benzene rings is 1. The van der Waals surface area contributed by atoms with Gasteiger partial charge in [-0.25, -0.2) is 4.98 Å². The molecule has 1 heterocycles. The smallest absolute Gasteiger partial charge is 0.141 e. The fourth-order valence-corrected chi connectivity index (χ4v) is 2.29. The average Bonchev–Trinajstić information content (AvgIpc) is 2.87.